The lowest BCUT2D eigenvalue weighted by Gasteiger charge is -2.23. The number of rotatable bonds is 6. The number of carbonyl (C=O) groups is 1. The average Bonchev–Trinajstić information content (AvgIpc) is 2.35. The van der Waals surface area contributed by atoms with E-state index in [0.717, 1.165) is 12.0 Å². The molecule has 0 fully saturated rings. The fraction of sp³-hybridized carbons (Fsp3) is 0.500. The molecular formula is C14H20O3. The van der Waals surface area contributed by atoms with E-state index in [1.165, 1.54) is 0 Å². The predicted molar refractivity (Wildman–Crippen MR) is 66.6 cm³/mol. The van der Waals surface area contributed by atoms with E-state index >= 15 is 0 Å². The van der Waals surface area contributed by atoms with Crippen LogP contribution >= 0.6 is 0 Å². The second-order valence-corrected chi connectivity index (χ2v) is 4.42. The summed E-state index contributed by atoms with van der Waals surface area (Å²) in [5.41, 5.74) is 0.147. The van der Waals surface area contributed by atoms with Gasteiger partial charge in [-0.2, -0.15) is 0 Å². The van der Waals surface area contributed by atoms with Crippen molar-refractivity contribution in [3.05, 3.63) is 35.9 Å². The molecule has 0 unspecified atom stereocenters. The normalized spacial score (nSPS) is 11.2. The van der Waals surface area contributed by atoms with Gasteiger partial charge in [-0.15, -0.1) is 0 Å². The van der Waals surface area contributed by atoms with Gasteiger partial charge in [-0.3, -0.25) is 0 Å². The smallest absolute Gasteiger partial charge is 0.337 e. The van der Waals surface area contributed by atoms with Crippen LogP contribution in [0, 0.1) is 0 Å². The first-order chi connectivity index (χ1) is 8.06. The number of benzene rings is 1. The van der Waals surface area contributed by atoms with Crippen LogP contribution in [0.2, 0.25) is 0 Å². The van der Waals surface area contributed by atoms with Gasteiger partial charge in [0.1, 0.15) is 0 Å². The van der Waals surface area contributed by atoms with Gasteiger partial charge in [0.15, 0.2) is 5.60 Å². The highest BCUT2D eigenvalue weighted by molar-refractivity contribution is 5.78. The third-order valence-electron chi connectivity index (χ3n) is 2.37. The Kier molecular flexibility index (Phi) is 5.16. The maximum absolute atomic E-state index is 11.7. The zero-order chi connectivity index (χ0) is 12.7. The van der Waals surface area contributed by atoms with Crippen molar-refractivity contribution in [3.8, 4) is 0 Å². The van der Waals surface area contributed by atoms with Crippen LogP contribution in [-0.2, 0) is 20.9 Å². The summed E-state index contributed by atoms with van der Waals surface area (Å²) in [6.45, 7) is 6.28. The maximum atomic E-state index is 11.7. The number of esters is 1. The highest BCUT2D eigenvalue weighted by Gasteiger charge is 2.30. The minimum absolute atomic E-state index is 0.310. The topological polar surface area (TPSA) is 35.5 Å². The zero-order valence-electron chi connectivity index (χ0n) is 10.7. The first kappa shape index (κ1) is 13.7. The van der Waals surface area contributed by atoms with E-state index in [2.05, 4.69) is 0 Å². The molecule has 1 rings (SSSR count). The molecule has 0 saturated carbocycles. The standard InChI is InChI=1S/C14H20O3/c1-4-10-16-13(15)14(2,3)17-11-12-8-6-5-7-9-12/h5-9H,4,10-11H2,1-3H3. The zero-order valence-corrected chi connectivity index (χ0v) is 10.7. The third kappa shape index (κ3) is 4.57. The van der Waals surface area contributed by atoms with Crippen LogP contribution in [0.4, 0.5) is 0 Å². The summed E-state index contributed by atoms with van der Waals surface area (Å²) < 4.78 is 10.7. The van der Waals surface area contributed by atoms with Crippen LogP contribution in [0.1, 0.15) is 32.8 Å². The van der Waals surface area contributed by atoms with E-state index in [1.54, 1.807) is 13.8 Å². The fourth-order valence-corrected chi connectivity index (χ4v) is 1.27. The van der Waals surface area contributed by atoms with Gasteiger partial charge in [-0.1, -0.05) is 37.3 Å². The highest BCUT2D eigenvalue weighted by atomic mass is 16.6. The Hall–Kier alpha value is -1.35. The summed E-state index contributed by atoms with van der Waals surface area (Å²) in [6.07, 6.45) is 0.820. The number of hydrogen-bond donors (Lipinski definition) is 0. The molecule has 0 radical (unpaired) electrons. The predicted octanol–water partition coefficient (Wildman–Crippen LogP) is 2.94. The molecule has 0 aliphatic rings. The first-order valence-corrected chi connectivity index (χ1v) is 5.91. The molecule has 17 heavy (non-hydrogen) atoms. The van der Waals surface area contributed by atoms with Crippen molar-refractivity contribution < 1.29 is 14.3 Å². The Morgan fingerprint density at radius 1 is 1.24 bits per heavy atom. The molecule has 0 amide bonds. The monoisotopic (exact) mass is 236 g/mol. The molecule has 0 bridgehead atoms. The van der Waals surface area contributed by atoms with Crippen molar-refractivity contribution >= 4 is 5.97 Å². The molecule has 0 heterocycles. The van der Waals surface area contributed by atoms with Gasteiger partial charge in [0.2, 0.25) is 0 Å². The Morgan fingerprint density at radius 3 is 2.47 bits per heavy atom. The summed E-state index contributed by atoms with van der Waals surface area (Å²) in [5, 5.41) is 0. The van der Waals surface area contributed by atoms with Crippen molar-refractivity contribution in [1.29, 1.82) is 0 Å². The second-order valence-electron chi connectivity index (χ2n) is 4.42. The molecule has 0 saturated heterocycles. The van der Waals surface area contributed by atoms with Gasteiger partial charge < -0.3 is 9.47 Å². The SMILES string of the molecule is CCCOC(=O)C(C)(C)OCc1ccccc1. The van der Waals surface area contributed by atoms with Crippen LogP contribution in [0.5, 0.6) is 0 Å². The molecule has 94 valence electrons. The Balaban J connectivity index is 2.46. The quantitative estimate of drug-likeness (QED) is 0.712. The molecule has 1 aromatic rings. The minimum atomic E-state index is -0.898. The number of carbonyl (C=O) groups excluding carboxylic acids is 1. The van der Waals surface area contributed by atoms with Crippen LogP contribution < -0.4 is 0 Å². The van der Waals surface area contributed by atoms with Gasteiger partial charge in [0, 0.05) is 0 Å². The van der Waals surface area contributed by atoms with Crippen molar-refractivity contribution in [2.45, 2.75) is 39.4 Å². The van der Waals surface area contributed by atoms with Gasteiger partial charge in [-0.25, -0.2) is 4.79 Å². The van der Waals surface area contributed by atoms with Gasteiger partial charge in [0.25, 0.3) is 0 Å². The summed E-state index contributed by atoms with van der Waals surface area (Å²) >= 11 is 0. The lowest BCUT2D eigenvalue weighted by Crippen LogP contribution is -2.36. The number of hydrogen-bond acceptors (Lipinski definition) is 3. The molecule has 0 spiro atoms. The molecule has 3 nitrogen and oxygen atoms in total. The van der Waals surface area contributed by atoms with Crippen LogP contribution in [0.15, 0.2) is 30.3 Å². The van der Waals surface area contributed by atoms with Crippen LogP contribution in [0.3, 0.4) is 0 Å². The molecule has 0 aliphatic carbocycles. The van der Waals surface area contributed by atoms with E-state index in [0.29, 0.717) is 13.2 Å². The highest BCUT2D eigenvalue weighted by Crippen LogP contribution is 2.15. The molecule has 0 aliphatic heterocycles. The van der Waals surface area contributed by atoms with Crippen molar-refractivity contribution in [2.24, 2.45) is 0 Å². The Bertz CT molecular complexity index is 344. The van der Waals surface area contributed by atoms with E-state index in [-0.39, 0.29) is 5.97 Å². The maximum Gasteiger partial charge on any atom is 0.337 e. The largest absolute Gasteiger partial charge is 0.464 e. The molecule has 0 aromatic heterocycles. The van der Waals surface area contributed by atoms with Gasteiger partial charge >= 0.3 is 5.97 Å². The minimum Gasteiger partial charge on any atom is -0.464 e. The van der Waals surface area contributed by atoms with Gasteiger partial charge in [0.05, 0.1) is 13.2 Å². The molecule has 0 N–H and O–H groups in total. The van der Waals surface area contributed by atoms with E-state index in [4.69, 9.17) is 9.47 Å². The summed E-state index contributed by atoms with van der Waals surface area (Å²) in [4.78, 5) is 11.7. The van der Waals surface area contributed by atoms with E-state index in [1.807, 2.05) is 37.3 Å². The van der Waals surface area contributed by atoms with Crippen LogP contribution in [-0.4, -0.2) is 18.2 Å². The second kappa shape index (κ2) is 6.40. The van der Waals surface area contributed by atoms with Gasteiger partial charge in [-0.05, 0) is 25.8 Å². The average molecular weight is 236 g/mol. The Labute approximate surface area is 103 Å². The summed E-state index contributed by atoms with van der Waals surface area (Å²) in [6, 6.07) is 9.77. The first-order valence-electron chi connectivity index (χ1n) is 5.91. The molecule has 3 heteroatoms. The molecule has 0 atom stereocenters. The lowest BCUT2D eigenvalue weighted by molar-refractivity contribution is -0.169. The lowest BCUT2D eigenvalue weighted by atomic mass is 10.1. The van der Waals surface area contributed by atoms with E-state index < -0.39 is 5.60 Å². The van der Waals surface area contributed by atoms with E-state index in [9.17, 15) is 4.79 Å². The third-order valence-corrected chi connectivity index (χ3v) is 2.37. The Morgan fingerprint density at radius 2 is 1.88 bits per heavy atom. The van der Waals surface area contributed by atoms with Crippen molar-refractivity contribution in [1.82, 2.24) is 0 Å². The van der Waals surface area contributed by atoms with Crippen LogP contribution in [0.25, 0.3) is 0 Å². The summed E-state index contributed by atoms with van der Waals surface area (Å²) in [5.74, 6) is -0.310. The van der Waals surface area contributed by atoms with Crippen molar-refractivity contribution in [3.63, 3.8) is 0 Å². The molecular weight excluding hydrogens is 216 g/mol. The fourth-order valence-electron chi connectivity index (χ4n) is 1.27. The molecule has 1 aromatic carbocycles. The summed E-state index contributed by atoms with van der Waals surface area (Å²) in [7, 11) is 0. The van der Waals surface area contributed by atoms with Crippen molar-refractivity contribution in [2.75, 3.05) is 6.61 Å². The number of ether oxygens (including phenoxy) is 2.